The summed E-state index contributed by atoms with van der Waals surface area (Å²) in [6, 6.07) is 8.77. The summed E-state index contributed by atoms with van der Waals surface area (Å²) >= 11 is 0. The molecule has 3 aromatic heterocycles. The number of benzene rings is 1. The Hall–Kier alpha value is -3.35. The van der Waals surface area contributed by atoms with Crippen LogP contribution < -0.4 is 5.56 Å². The minimum Gasteiger partial charge on any atom is -0.337 e. The zero-order valence-corrected chi connectivity index (χ0v) is 13.7. The highest BCUT2D eigenvalue weighted by atomic mass is 16.5. The van der Waals surface area contributed by atoms with Crippen LogP contribution in [0.3, 0.4) is 0 Å². The van der Waals surface area contributed by atoms with Gasteiger partial charge in [0, 0.05) is 18.0 Å². The van der Waals surface area contributed by atoms with Gasteiger partial charge in [0.05, 0.1) is 17.2 Å². The van der Waals surface area contributed by atoms with Crippen LogP contribution in [0.25, 0.3) is 22.3 Å². The number of pyridine rings is 1. The Labute approximate surface area is 143 Å². The Balaban J connectivity index is 1.76. The van der Waals surface area contributed by atoms with Crippen LogP contribution in [0, 0.1) is 6.92 Å². The molecule has 7 nitrogen and oxygen atoms in total. The number of para-hydroxylation sites is 1. The number of aryl methyl sites for hydroxylation is 1. The predicted molar refractivity (Wildman–Crippen MR) is 92.1 cm³/mol. The first-order valence-corrected chi connectivity index (χ1v) is 7.85. The first kappa shape index (κ1) is 15.2. The molecule has 4 aromatic rings. The van der Waals surface area contributed by atoms with E-state index in [2.05, 4.69) is 20.1 Å². The fraction of sp³-hybridized carbons (Fsp3) is 0.167. The topological polar surface area (TPSA) is 86.7 Å². The monoisotopic (exact) mass is 333 g/mol. The number of hydrogen-bond donors (Lipinski definition) is 0. The second kappa shape index (κ2) is 5.94. The van der Waals surface area contributed by atoms with E-state index in [0.717, 1.165) is 11.1 Å². The van der Waals surface area contributed by atoms with Crippen LogP contribution in [0.15, 0.2) is 58.4 Å². The average Bonchev–Trinajstić information content (AvgIpc) is 3.13. The van der Waals surface area contributed by atoms with Crippen molar-refractivity contribution in [2.75, 3.05) is 0 Å². The first-order chi connectivity index (χ1) is 12.1. The van der Waals surface area contributed by atoms with Gasteiger partial charge in [0.15, 0.2) is 0 Å². The van der Waals surface area contributed by atoms with Gasteiger partial charge in [-0.05, 0) is 37.6 Å². The summed E-state index contributed by atoms with van der Waals surface area (Å²) in [5.41, 5.74) is 2.29. The number of fused-ring (bicyclic) bond motifs is 1. The second-order valence-electron chi connectivity index (χ2n) is 5.80. The maximum atomic E-state index is 12.8. The van der Waals surface area contributed by atoms with E-state index in [-0.39, 0.29) is 5.56 Å². The first-order valence-electron chi connectivity index (χ1n) is 7.85. The van der Waals surface area contributed by atoms with E-state index < -0.39 is 6.04 Å². The summed E-state index contributed by atoms with van der Waals surface area (Å²) in [5, 5.41) is 4.55. The van der Waals surface area contributed by atoms with E-state index in [9.17, 15) is 4.79 Å². The molecule has 0 saturated carbocycles. The molecular formula is C18H15N5O2. The molecular weight excluding hydrogens is 318 g/mol. The Kier molecular flexibility index (Phi) is 3.61. The van der Waals surface area contributed by atoms with Gasteiger partial charge in [0.1, 0.15) is 6.04 Å². The van der Waals surface area contributed by atoms with Crippen LogP contribution >= 0.6 is 0 Å². The van der Waals surface area contributed by atoms with Gasteiger partial charge in [-0.2, -0.15) is 4.98 Å². The fourth-order valence-corrected chi connectivity index (χ4v) is 2.73. The lowest BCUT2D eigenvalue weighted by Crippen LogP contribution is -2.24. The molecule has 0 bridgehead atoms. The number of rotatable bonds is 3. The smallest absolute Gasteiger partial charge is 0.261 e. The fourth-order valence-electron chi connectivity index (χ4n) is 2.73. The Morgan fingerprint density at radius 1 is 1.20 bits per heavy atom. The van der Waals surface area contributed by atoms with Crippen LogP contribution in [-0.4, -0.2) is 24.7 Å². The molecule has 1 atom stereocenters. The highest BCUT2D eigenvalue weighted by molar-refractivity contribution is 5.80. The SMILES string of the molecule is Cc1cccc2c(=O)n([C@@H](C)c3nc(-c4cccnc4)no3)cnc12. The summed E-state index contributed by atoms with van der Waals surface area (Å²) in [6.45, 7) is 3.76. The average molecular weight is 333 g/mol. The van der Waals surface area contributed by atoms with E-state index in [1.165, 1.54) is 10.9 Å². The van der Waals surface area contributed by atoms with Gasteiger partial charge < -0.3 is 4.52 Å². The summed E-state index contributed by atoms with van der Waals surface area (Å²) < 4.78 is 6.85. The Morgan fingerprint density at radius 3 is 2.88 bits per heavy atom. The minimum absolute atomic E-state index is 0.137. The number of hydrogen-bond acceptors (Lipinski definition) is 6. The van der Waals surface area contributed by atoms with Crippen molar-refractivity contribution in [3.8, 4) is 11.4 Å². The molecule has 0 aliphatic carbocycles. The number of nitrogens with zero attached hydrogens (tertiary/aromatic N) is 5. The van der Waals surface area contributed by atoms with Crippen molar-refractivity contribution in [3.05, 3.63) is 70.9 Å². The standard InChI is InChI=1S/C18H15N5O2/c1-11-5-3-7-14-15(11)20-10-23(18(14)24)12(2)17-21-16(22-25-17)13-6-4-8-19-9-13/h3-10,12H,1-2H3/t12-/m0/s1. The lowest BCUT2D eigenvalue weighted by molar-refractivity contribution is 0.342. The van der Waals surface area contributed by atoms with E-state index in [1.54, 1.807) is 24.5 Å². The second-order valence-corrected chi connectivity index (χ2v) is 5.80. The predicted octanol–water partition coefficient (Wildman–Crippen LogP) is 2.76. The van der Waals surface area contributed by atoms with Crippen molar-refractivity contribution in [1.29, 1.82) is 0 Å². The van der Waals surface area contributed by atoms with Crippen LogP contribution in [0.5, 0.6) is 0 Å². The van der Waals surface area contributed by atoms with Gasteiger partial charge in [-0.25, -0.2) is 4.98 Å². The highest BCUT2D eigenvalue weighted by Crippen LogP contribution is 2.20. The molecule has 1 aromatic carbocycles. The molecule has 124 valence electrons. The van der Waals surface area contributed by atoms with Gasteiger partial charge >= 0.3 is 0 Å². The van der Waals surface area contributed by atoms with Crippen molar-refractivity contribution in [2.24, 2.45) is 0 Å². The van der Waals surface area contributed by atoms with Crippen LogP contribution in [-0.2, 0) is 0 Å². The molecule has 0 amide bonds. The quantitative estimate of drug-likeness (QED) is 0.573. The minimum atomic E-state index is -0.428. The normalized spacial score (nSPS) is 12.4. The van der Waals surface area contributed by atoms with Gasteiger partial charge in [-0.1, -0.05) is 17.3 Å². The van der Waals surface area contributed by atoms with Crippen molar-refractivity contribution < 1.29 is 4.52 Å². The zero-order valence-electron chi connectivity index (χ0n) is 13.7. The van der Waals surface area contributed by atoms with Gasteiger partial charge in [0.25, 0.3) is 5.56 Å². The molecule has 0 radical (unpaired) electrons. The van der Waals surface area contributed by atoms with E-state index >= 15 is 0 Å². The largest absolute Gasteiger partial charge is 0.337 e. The Bertz CT molecular complexity index is 1100. The molecule has 0 N–H and O–H groups in total. The highest BCUT2D eigenvalue weighted by Gasteiger charge is 2.19. The third kappa shape index (κ3) is 2.59. The van der Waals surface area contributed by atoms with Gasteiger partial charge in [0.2, 0.25) is 11.7 Å². The van der Waals surface area contributed by atoms with Crippen molar-refractivity contribution >= 4 is 10.9 Å². The maximum Gasteiger partial charge on any atom is 0.261 e. The molecule has 0 saturated heterocycles. The van der Waals surface area contributed by atoms with Crippen LogP contribution in [0.2, 0.25) is 0 Å². The third-order valence-electron chi connectivity index (χ3n) is 4.15. The third-order valence-corrected chi connectivity index (χ3v) is 4.15. The summed E-state index contributed by atoms with van der Waals surface area (Å²) in [6.07, 6.45) is 4.86. The van der Waals surface area contributed by atoms with Crippen LogP contribution in [0.4, 0.5) is 0 Å². The van der Waals surface area contributed by atoms with Crippen molar-refractivity contribution in [3.63, 3.8) is 0 Å². The summed E-state index contributed by atoms with van der Waals surface area (Å²) in [7, 11) is 0. The molecule has 7 heteroatoms. The van der Waals surface area contributed by atoms with Gasteiger partial charge in [-0.15, -0.1) is 0 Å². The molecule has 0 aliphatic rings. The molecule has 4 rings (SSSR count). The van der Waals surface area contributed by atoms with Crippen LogP contribution in [0.1, 0.15) is 24.4 Å². The molecule has 0 spiro atoms. The summed E-state index contributed by atoms with van der Waals surface area (Å²) in [5.74, 6) is 0.780. The lowest BCUT2D eigenvalue weighted by atomic mass is 10.1. The Morgan fingerprint density at radius 2 is 2.08 bits per heavy atom. The molecule has 0 unspecified atom stereocenters. The summed E-state index contributed by atoms with van der Waals surface area (Å²) in [4.78, 5) is 25.6. The number of aromatic nitrogens is 5. The lowest BCUT2D eigenvalue weighted by Gasteiger charge is -2.11. The molecule has 25 heavy (non-hydrogen) atoms. The molecule has 0 fully saturated rings. The van der Waals surface area contributed by atoms with E-state index in [1.807, 2.05) is 32.0 Å². The molecule has 0 aliphatic heterocycles. The van der Waals surface area contributed by atoms with Crippen molar-refractivity contribution in [1.82, 2.24) is 24.7 Å². The van der Waals surface area contributed by atoms with Crippen molar-refractivity contribution in [2.45, 2.75) is 19.9 Å². The van der Waals surface area contributed by atoms with Gasteiger partial charge in [-0.3, -0.25) is 14.3 Å². The van der Waals surface area contributed by atoms with E-state index in [4.69, 9.17) is 4.52 Å². The molecule has 3 heterocycles. The maximum absolute atomic E-state index is 12.8. The zero-order chi connectivity index (χ0) is 17.4. The van der Waals surface area contributed by atoms with E-state index in [0.29, 0.717) is 22.6 Å².